The van der Waals surface area contributed by atoms with E-state index >= 15 is 0 Å². The molecule has 2 aromatic heterocycles. The summed E-state index contributed by atoms with van der Waals surface area (Å²) in [7, 11) is -2.11. The molecule has 10 heteroatoms. The fraction of sp³-hybridized carbons (Fsp3) is 0.444. The minimum absolute atomic E-state index is 0.0370. The number of carbonyl (C=O) groups is 1. The molecular weight excluding hydrogens is 492 g/mol. The lowest BCUT2D eigenvalue weighted by molar-refractivity contribution is 0.0527. The van der Waals surface area contributed by atoms with Crippen LogP contribution >= 0.6 is 0 Å². The van der Waals surface area contributed by atoms with Crippen molar-refractivity contribution in [2.75, 3.05) is 23.7 Å². The van der Waals surface area contributed by atoms with Gasteiger partial charge in [0.25, 0.3) is 0 Å². The first-order valence-corrected chi connectivity index (χ1v) is 13.9. The van der Waals surface area contributed by atoms with Gasteiger partial charge in [-0.2, -0.15) is 0 Å². The Hall–Kier alpha value is -3.40. The zero-order valence-electron chi connectivity index (χ0n) is 22.2. The van der Waals surface area contributed by atoms with Crippen molar-refractivity contribution in [3.63, 3.8) is 0 Å². The zero-order chi connectivity index (χ0) is 27.1. The fourth-order valence-electron chi connectivity index (χ4n) is 3.63. The van der Waals surface area contributed by atoms with E-state index in [0.717, 1.165) is 11.3 Å². The minimum atomic E-state index is -3.62. The van der Waals surface area contributed by atoms with Gasteiger partial charge in [-0.05, 0) is 58.2 Å². The van der Waals surface area contributed by atoms with Crippen molar-refractivity contribution in [2.45, 2.75) is 59.2 Å². The fourth-order valence-corrected chi connectivity index (χ4v) is 4.88. The predicted octanol–water partition coefficient (Wildman–Crippen LogP) is 4.98. The van der Waals surface area contributed by atoms with Crippen LogP contribution in [-0.2, 0) is 21.4 Å². The molecule has 0 fully saturated rings. The highest BCUT2D eigenvalue weighted by molar-refractivity contribution is 7.92. The van der Waals surface area contributed by atoms with E-state index < -0.39 is 21.7 Å². The number of alkyl carbamates (subject to hydrolysis) is 1. The smallest absolute Gasteiger partial charge is 0.407 e. The van der Waals surface area contributed by atoms with Crippen LogP contribution in [0.3, 0.4) is 0 Å². The van der Waals surface area contributed by atoms with Gasteiger partial charge in [0, 0.05) is 24.7 Å². The van der Waals surface area contributed by atoms with Crippen LogP contribution in [0.4, 0.5) is 10.6 Å². The van der Waals surface area contributed by atoms with Crippen molar-refractivity contribution >= 4 is 32.8 Å². The van der Waals surface area contributed by atoms with Crippen molar-refractivity contribution in [1.82, 2.24) is 15.3 Å². The van der Waals surface area contributed by atoms with Gasteiger partial charge >= 0.3 is 6.09 Å². The van der Waals surface area contributed by atoms with Gasteiger partial charge in [0.05, 0.1) is 11.9 Å². The molecule has 3 aromatic rings. The predicted molar refractivity (Wildman–Crippen MR) is 145 cm³/mol. The number of nitrogens with one attached hydrogen (secondary N) is 1. The number of sulfonamides is 1. The largest absolute Gasteiger partial charge is 0.485 e. The first kappa shape index (κ1) is 28.2. The highest BCUT2D eigenvalue weighted by Gasteiger charge is 2.23. The zero-order valence-corrected chi connectivity index (χ0v) is 23.0. The molecule has 0 unspecified atom stereocenters. The number of rotatable bonds is 11. The molecule has 0 saturated carbocycles. The molecule has 0 aliphatic carbocycles. The van der Waals surface area contributed by atoms with Crippen LogP contribution in [0.1, 0.15) is 51.3 Å². The lowest BCUT2D eigenvalue weighted by Gasteiger charge is -2.21. The van der Waals surface area contributed by atoms with Gasteiger partial charge in [0.1, 0.15) is 17.7 Å². The van der Waals surface area contributed by atoms with E-state index in [1.54, 1.807) is 20.8 Å². The summed E-state index contributed by atoms with van der Waals surface area (Å²) in [6.45, 7) is 8.05. The summed E-state index contributed by atoms with van der Waals surface area (Å²) in [6.07, 6.45) is 2.80. The summed E-state index contributed by atoms with van der Waals surface area (Å²) in [5, 5.41) is 3.29. The Balaban J connectivity index is 1.63. The number of nitrogens with zero attached hydrogens (tertiary/aromatic N) is 3. The summed E-state index contributed by atoms with van der Waals surface area (Å²) < 4.78 is 38.6. The standard InChI is InChI=1S/C27H36N4O5S/c1-20-14-15-22-24(30-20)23(35-19-21-12-8-6-9-13-21)18-29-25(22)31(5)37(33,34)17-11-7-10-16-28-26(32)36-27(2,3)4/h6,8-9,12-15,18H,7,10-11,16-17,19H2,1-5H3,(H,28,32). The minimum Gasteiger partial charge on any atom is -0.485 e. The van der Waals surface area contributed by atoms with Gasteiger partial charge in [-0.15, -0.1) is 0 Å². The summed E-state index contributed by atoms with van der Waals surface area (Å²) in [6, 6.07) is 13.4. The number of amides is 1. The average Bonchev–Trinajstić information content (AvgIpc) is 2.83. The third-order valence-corrected chi connectivity index (χ3v) is 7.32. The average molecular weight is 529 g/mol. The van der Waals surface area contributed by atoms with Crippen LogP contribution in [-0.4, -0.2) is 49.4 Å². The monoisotopic (exact) mass is 528 g/mol. The normalized spacial score (nSPS) is 11.8. The van der Waals surface area contributed by atoms with Crippen LogP contribution in [0.15, 0.2) is 48.7 Å². The van der Waals surface area contributed by atoms with Gasteiger partial charge in [0.15, 0.2) is 11.6 Å². The number of pyridine rings is 2. The Labute approximate surface area is 219 Å². The molecule has 9 nitrogen and oxygen atoms in total. The molecule has 200 valence electrons. The van der Waals surface area contributed by atoms with E-state index in [1.165, 1.54) is 17.5 Å². The number of ether oxygens (including phenoxy) is 2. The van der Waals surface area contributed by atoms with E-state index in [1.807, 2.05) is 49.4 Å². The number of hydrogen-bond acceptors (Lipinski definition) is 7. The van der Waals surface area contributed by atoms with Crippen LogP contribution in [0.25, 0.3) is 10.9 Å². The third-order valence-electron chi connectivity index (χ3n) is 5.51. The Morgan fingerprint density at radius 3 is 2.49 bits per heavy atom. The van der Waals surface area contributed by atoms with Crippen molar-refractivity contribution in [2.24, 2.45) is 0 Å². The van der Waals surface area contributed by atoms with Gasteiger partial charge in [-0.3, -0.25) is 4.31 Å². The first-order valence-electron chi connectivity index (χ1n) is 12.3. The molecular formula is C27H36N4O5S. The van der Waals surface area contributed by atoms with Crippen LogP contribution < -0.4 is 14.4 Å². The lowest BCUT2D eigenvalue weighted by atomic mass is 10.2. The molecule has 0 saturated heterocycles. The second-order valence-corrected chi connectivity index (χ2v) is 12.0. The quantitative estimate of drug-likeness (QED) is 0.350. The molecule has 3 rings (SSSR count). The maximum absolute atomic E-state index is 13.1. The van der Waals surface area contributed by atoms with Gasteiger partial charge < -0.3 is 14.8 Å². The van der Waals surface area contributed by atoms with Crippen LogP contribution in [0.5, 0.6) is 5.75 Å². The van der Waals surface area contributed by atoms with Crippen molar-refractivity contribution in [3.05, 3.63) is 59.9 Å². The molecule has 37 heavy (non-hydrogen) atoms. The number of benzene rings is 1. The number of aryl methyl sites for hydroxylation is 1. The second kappa shape index (κ2) is 12.2. The topological polar surface area (TPSA) is 111 Å². The Kier molecular flexibility index (Phi) is 9.31. The Bertz CT molecular complexity index is 1310. The summed E-state index contributed by atoms with van der Waals surface area (Å²) in [4.78, 5) is 20.8. The Morgan fingerprint density at radius 1 is 1.05 bits per heavy atom. The highest BCUT2D eigenvalue weighted by atomic mass is 32.2. The highest BCUT2D eigenvalue weighted by Crippen LogP contribution is 2.32. The summed E-state index contributed by atoms with van der Waals surface area (Å²) >= 11 is 0. The second-order valence-electron chi connectivity index (χ2n) is 9.84. The van der Waals surface area contributed by atoms with E-state index in [-0.39, 0.29) is 5.75 Å². The summed E-state index contributed by atoms with van der Waals surface area (Å²) in [5.41, 5.74) is 1.81. The molecule has 0 atom stereocenters. The summed E-state index contributed by atoms with van der Waals surface area (Å²) in [5.74, 6) is 0.765. The first-order chi connectivity index (χ1) is 17.5. The molecule has 0 spiro atoms. The van der Waals surface area contributed by atoms with Crippen LogP contribution in [0.2, 0.25) is 0 Å². The third kappa shape index (κ3) is 8.31. The Morgan fingerprint density at radius 2 is 1.78 bits per heavy atom. The molecule has 1 aromatic carbocycles. The number of anilines is 1. The molecule has 2 heterocycles. The van der Waals surface area contributed by atoms with Gasteiger partial charge in [-0.25, -0.2) is 23.2 Å². The molecule has 0 aliphatic rings. The SMILES string of the molecule is Cc1ccc2c(N(C)S(=O)(=O)CCCCCNC(=O)OC(C)(C)C)ncc(OCc3ccccc3)c2n1. The van der Waals surface area contributed by atoms with Crippen LogP contribution in [0, 0.1) is 6.92 Å². The van der Waals surface area contributed by atoms with E-state index in [0.29, 0.717) is 54.9 Å². The number of fused-ring (bicyclic) bond motifs is 1. The maximum Gasteiger partial charge on any atom is 0.407 e. The molecule has 0 aliphatic heterocycles. The van der Waals surface area contributed by atoms with E-state index in [9.17, 15) is 13.2 Å². The van der Waals surface area contributed by atoms with E-state index in [4.69, 9.17) is 9.47 Å². The van der Waals surface area contributed by atoms with Crippen molar-refractivity contribution < 1.29 is 22.7 Å². The number of carbonyl (C=O) groups excluding carboxylic acids is 1. The van der Waals surface area contributed by atoms with Crippen molar-refractivity contribution in [3.8, 4) is 5.75 Å². The molecule has 1 N–H and O–H groups in total. The molecule has 1 amide bonds. The van der Waals surface area contributed by atoms with Gasteiger partial charge in [0.2, 0.25) is 10.0 Å². The van der Waals surface area contributed by atoms with E-state index in [2.05, 4.69) is 15.3 Å². The number of hydrogen-bond donors (Lipinski definition) is 1. The maximum atomic E-state index is 13.1. The molecule has 0 radical (unpaired) electrons. The lowest BCUT2D eigenvalue weighted by Crippen LogP contribution is -2.33. The van der Waals surface area contributed by atoms with Crippen molar-refractivity contribution in [1.29, 1.82) is 0 Å². The van der Waals surface area contributed by atoms with Gasteiger partial charge in [-0.1, -0.05) is 36.8 Å². The molecule has 0 bridgehead atoms. The number of unbranched alkanes of at least 4 members (excludes halogenated alkanes) is 2. The number of aromatic nitrogens is 2.